The molecule has 5 rings (SSSR count). The van der Waals surface area contributed by atoms with Crippen molar-refractivity contribution >= 4 is 33.3 Å². The zero-order valence-electron chi connectivity index (χ0n) is 22.0. The largest absolute Gasteiger partial charge is 0.368 e. The predicted molar refractivity (Wildman–Crippen MR) is 149 cm³/mol. The average molecular weight is 535 g/mol. The van der Waals surface area contributed by atoms with E-state index in [1.807, 2.05) is 18.2 Å². The fourth-order valence-electron chi connectivity index (χ4n) is 5.54. The number of hydrogen-bond acceptors (Lipinski definition) is 8. The number of pyridine rings is 2. The molecule has 1 atom stereocenters. The zero-order valence-corrected chi connectivity index (χ0v) is 22.9. The van der Waals surface area contributed by atoms with E-state index in [0.29, 0.717) is 30.6 Å². The lowest BCUT2D eigenvalue weighted by atomic mass is 9.97. The van der Waals surface area contributed by atoms with Crippen molar-refractivity contribution in [2.75, 3.05) is 47.4 Å². The summed E-state index contributed by atoms with van der Waals surface area (Å²) < 4.78 is 28.7. The van der Waals surface area contributed by atoms with Gasteiger partial charge in [0, 0.05) is 50.1 Å². The fraction of sp³-hybridized carbons (Fsp3) is 0.393. The molecule has 4 heterocycles. The van der Waals surface area contributed by atoms with E-state index in [9.17, 15) is 13.2 Å². The van der Waals surface area contributed by atoms with Crippen LogP contribution in [0.5, 0.6) is 0 Å². The van der Waals surface area contributed by atoms with Crippen molar-refractivity contribution in [1.29, 1.82) is 0 Å². The Balaban J connectivity index is 1.31. The van der Waals surface area contributed by atoms with Crippen LogP contribution >= 0.6 is 0 Å². The zero-order chi connectivity index (χ0) is 26.9. The number of nitrogens with zero attached hydrogens (tertiary/aromatic N) is 5. The first-order valence-electron chi connectivity index (χ1n) is 13.0. The molecule has 38 heavy (non-hydrogen) atoms. The lowest BCUT2D eigenvalue weighted by Gasteiger charge is -2.36. The van der Waals surface area contributed by atoms with Gasteiger partial charge in [-0.3, -0.25) is 4.79 Å². The van der Waals surface area contributed by atoms with E-state index in [-0.39, 0.29) is 16.1 Å². The van der Waals surface area contributed by atoms with Gasteiger partial charge in [0.2, 0.25) is 0 Å². The molecule has 1 amide bonds. The highest BCUT2D eigenvalue weighted by atomic mass is 32.2. The van der Waals surface area contributed by atoms with Crippen LogP contribution in [0.15, 0.2) is 71.9 Å². The van der Waals surface area contributed by atoms with Gasteiger partial charge in [-0.05, 0) is 62.6 Å². The Hall–Kier alpha value is -3.66. The minimum atomic E-state index is -4.20. The second-order valence-electron chi connectivity index (χ2n) is 10.7. The smallest absolute Gasteiger partial charge is 0.281 e. The number of rotatable bonds is 6. The highest BCUT2D eigenvalue weighted by Gasteiger charge is 2.39. The van der Waals surface area contributed by atoms with Gasteiger partial charge in [-0.15, -0.1) is 0 Å². The SMILES string of the molecule is CC1CN(c2ncccc2C(=O)NS(=O)(=O)c2cccc(N3CCN(c4ccccc4)CC3)n2)C(C)(C)C1. The molecule has 9 nitrogen and oxygen atoms in total. The van der Waals surface area contributed by atoms with Crippen molar-refractivity contribution in [2.45, 2.75) is 37.8 Å². The summed E-state index contributed by atoms with van der Waals surface area (Å²) in [6, 6.07) is 18.3. The topological polar surface area (TPSA) is 98.7 Å². The monoisotopic (exact) mass is 534 g/mol. The normalized spacial score (nSPS) is 19.4. The van der Waals surface area contributed by atoms with Crippen molar-refractivity contribution in [3.8, 4) is 0 Å². The van der Waals surface area contributed by atoms with E-state index < -0.39 is 15.9 Å². The van der Waals surface area contributed by atoms with E-state index in [4.69, 9.17) is 0 Å². The standard InChI is InChI=1S/C28H34N6O3S/c1-21-19-28(2,3)34(20-21)26-23(11-8-14-29-26)27(35)31-38(36,37)25-13-7-12-24(30-25)33-17-15-32(16-18-33)22-9-5-4-6-10-22/h4-14,21H,15-20H2,1-3H3,(H,31,35). The number of nitrogens with one attached hydrogen (secondary N) is 1. The summed E-state index contributed by atoms with van der Waals surface area (Å²) in [7, 11) is -4.20. The lowest BCUT2D eigenvalue weighted by molar-refractivity contribution is 0.0981. The second-order valence-corrected chi connectivity index (χ2v) is 12.3. The summed E-state index contributed by atoms with van der Waals surface area (Å²) in [6.45, 7) is 10.1. The van der Waals surface area contributed by atoms with Crippen LogP contribution in [-0.2, 0) is 10.0 Å². The van der Waals surface area contributed by atoms with Gasteiger partial charge in [-0.25, -0.2) is 14.7 Å². The average Bonchev–Trinajstić information content (AvgIpc) is 3.20. The second kappa shape index (κ2) is 10.2. The Bertz CT molecular complexity index is 1400. The van der Waals surface area contributed by atoms with Gasteiger partial charge in [0.25, 0.3) is 15.9 Å². The van der Waals surface area contributed by atoms with E-state index >= 15 is 0 Å². The third-order valence-corrected chi connectivity index (χ3v) is 8.53. The van der Waals surface area contributed by atoms with Gasteiger partial charge in [0.15, 0.2) is 5.03 Å². The molecule has 0 radical (unpaired) electrons. The number of anilines is 3. The summed E-state index contributed by atoms with van der Waals surface area (Å²) >= 11 is 0. The summed E-state index contributed by atoms with van der Waals surface area (Å²) in [5.41, 5.74) is 1.20. The number of sulfonamides is 1. The molecule has 0 bridgehead atoms. The maximum Gasteiger partial charge on any atom is 0.281 e. The number of para-hydroxylation sites is 1. The molecule has 2 fully saturated rings. The first-order valence-corrected chi connectivity index (χ1v) is 14.4. The molecule has 2 aliphatic rings. The number of aromatic nitrogens is 2. The number of benzene rings is 1. The maximum atomic E-state index is 13.3. The molecular formula is C28H34N6O3S. The molecule has 1 N–H and O–H groups in total. The Labute approximate surface area is 224 Å². The Morgan fingerprint density at radius 2 is 1.66 bits per heavy atom. The van der Waals surface area contributed by atoms with E-state index in [1.165, 1.54) is 11.8 Å². The molecule has 2 saturated heterocycles. The van der Waals surface area contributed by atoms with Crippen LogP contribution in [0.4, 0.5) is 17.3 Å². The van der Waals surface area contributed by atoms with Crippen molar-refractivity contribution in [2.24, 2.45) is 5.92 Å². The summed E-state index contributed by atoms with van der Waals surface area (Å²) in [6.07, 6.45) is 2.58. The van der Waals surface area contributed by atoms with Gasteiger partial charge in [0.05, 0.1) is 5.56 Å². The first-order chi connectivity index (χ1) is 18.1. The van der Waals surface area contributed by atoms with Crippen LogP contribution in [0.3, 0.4) is 0 Å². The molecule has 1 unspecified atom stereocenters. The minimum absolute atomic E-state index is 0.186. The van der Waals surface area contributed by atoms with Crippen molar-refractivity contribution in [1.82, 2.24) is 14.7 Å². The van der Waals surface area contributed by atoms with Crippen LogP contribution in [-0.4, -0.2) is 62.6 Å². The van der Waals surface area contributed by atoms with Crippen molar-refractivity contribution in [3.63, 3.8) is 0 Å². The molecule has 2 aromatic heterocycles. The van der Waals surface area contributed by atoms with Crippen molar-refractivity contribution < 1.29 is 13.2 Å². The van der Waals surface area contributed by atoms with Crippen LogP contribution < -0.4 is 19.4 Å². The van der Waals surface area contributed by atoms with E-state index in [1.54, 1.807) is 30.5 Å². The number of carbonyl (C=O) groups is 1. The van der Waals surface area contributed by atoms with Gasteiger partial charge in [0.1, 0.15) is 11.6 Å². The van der Waals surface area contributed by atoms with Crippen molar-refractivity contribution in [3.05, 3.63) is 72.4 Å². The van der Waals surface area contributed by atoms with Crippen LogP contribution in [0, 0.1) is 5.92 Å². The highest BCUT2D eigenvalue weighted by Crippen LogP contribution is 2.37. The van der Waals surface area contributed by atoms with E-state index in [2.05, 4.69) is 62.3 Å². The number of hydrogen-bond donors (Lipinski definition) is 1. The molecular weight excluding hydrogens is 500 g/mol. The van der Waals surface area contributed by atoms with Gasteiger partial charge in [-0.1, -0.05) is 31.2 Å². The van der Waals surface area contributed by atoms with Crippen LogP contribution in [0.1, 0.15) is 37.6 Å². The predicted octanol–water partition coefficient (Wildman–Crippen LogP) is 3.55. The molecule has 0 aliphatic carbocycles. The minimum Gasteiger partial charge on any atom is -0.368 e. The van der Waals surface area contributed by atoms with Gasteiger partial charge < -0.3 is 14.7 Å². The van der Waals surface area contributed by atoms with Crippen LogP contribution in [0.2, 0.25) is 0 Å². The summed E-state index contributed by atoms with van der Waals surface area (Å²) in [4.78, 5) is 28.6. The molecule has 0 spiro atoms. The summed E-state index contributed by atoms with van der Waals surface area (Å²) in [5, 5.41) is -0.186. The highest BCUT2D eigenvalue weighted by molar-refractivity contribution is 7.90. The molecule has 10 heteroatoms. The molecule has 2 aliphatic heterocycles. The molecule has 0 saturated carbocycles. The Morgan fingerprint density at radius 1 is 0.947 bits per heavy atom. The quantitative estimate of drug-likeness (QED) is 0.513. The first kappa shape index (κ1) is 26.0. The summed E-state index contributed by atoms with van der Waals surface area (Å²) in [5.74, 6) is 0.788. The Morgan fingerprint density at radius 3 is 2.34 bits per heavy atom. The molecule has 200 valence electrons. The fourth-order valence-corrected chi connectivity index (χ4v) is 6.47. The third kappa shape index (κ3) is 5.31. The maximum absolute atomic E-state index is 13.3. The van der Waals surface area contributed by atoms with E-state index in [0.717, 1.165) is 26.1 Å². The number of carbonyl (C=O) groups excluding carboxylic acids is 1. The molecule has 3 aromatic rings. The Kier molecular flexibility index (Phi) is 7.00. The van der Waals surface area contributed by atoms with Crippen LogP contribution in [0.25, 0.3) is 0 Å². The van der Waals surface area contributed by atoms with Gasteiger partial charge in [-0.2, -0.15) is 8.42 Å². The third-order valence-electron chi connectivity index (χ3n) is 7.30. The molecule has 1 aromatic carbocycles. The lowest BCUT2D eigenvalue weighted by Crippen LogP contribution is -2.47. The number of piperazine rings is 1. The van der Waals surface area contributed by atoms with Gasteiger partial charge >= 0.3 is 0 Å². The number of amides is 1.